The molecule has 1 aromatic carbocycles. The van der Waals surface area contributed by atoms with Crippen molar-refractivity contribution in [3.05, 3.63) is 34.9 Å². The van der Waals surface area contributed by atoms with Gasteiger partial charge in [0.05, 0.1) is 0 Å². The fourth-order valence-corrected chi connectivity index (χ4v) is 3.67. The van der Waals surface area contributed by atoms with Crippen molar-refractivity contribution >= 4 is 23.2 Å². The first-order chi connectivity index (χ1) is 11.7. The zero-order valence-electron chi connectivity index (χ0n) is 13.4. The average Bonchev–Trinajstić information content (AvgIpc) is 2.95. The predicted molar refractivity (Wildman–Crippen MR) is 87.3 cm³/mol. The van der Waals surface area contributed by atoms with Gasteiger partial charge in [-0.25, -0.2) is 0 Å². The molecule has 0 aromatic heterocycles. The summed E-state index contributed by atoms with van der Waals surface area (Å²) in [4.78, 5) is 12.7. The molecule has 1 fully saturated rings. The molecule has 4 nitrogen and oxygen atoms in total. The molecule has 3 rings (SSSR count). The highest BCUT2D eigenvalue weighted by atomic mass is 35.5. The van der Waals surface area contributed by atoms with Gasteiger partial charge < -0.3 is 5.11 Å². The van der Waals surface area contributed by atoms with Gasteiger partial charge in [0.15, 0.2) is 5.72 Å². The van der Waals surface area contributed by atoms with E-state index in [2.05, 4.69) is 5.10 Å². The van der Waals surface area contributed by atoms with Gasteiger partial charge in [-0.15, -0.1) is 0 Å². The van der Waals surface area contributed by atoms with Gasteiger partial charge >= 0.3 is 6.18 Å². The van der Waals surface area contributed by atoms with E-state index >= 15 is 0 Å². The lowest BCUT2D eigenvalue weighted by Gasteiger charge is -2.40. The van der Waals surface area contributed by atoms with Crippen LogP contribution in [0.2, 0.25) is 5.02 Å². The molecule has 1 aromatic rings. The number of aliphatic hydroxyl groups is 1. The Labute approximate surface area is 148 Å². The summed E-state index contributed by atoms with van der Waals surface area (Å²) < 4.78 is 39.5. The van der Waals surface area contributed by atoms with Gasteiger partial charge in [0.2, 0.25) is 0 Å². The highest BCUT2D eigenvalue weighted by molar-refractivity contribution is 6.30. The number of carbonyl (C=O) groups is 1. The lowest BCUT2D eigenvalue weighted by molar-refractivity contribution is -0.123. The third kappa shape index (κ3) is 3.53. The number of halogens is 4. The molecular formula is C17H18ClF3N2O2. The van der Waals surface area contributed by atoms with Crippen LogP contribution in [0.3, 0.4) is 0 Å². The van der Waals surface area contributed by atoms with Gasteiger partial charge in [0.1, 0.15) is 5.71 Å². The Morgan fingerprint density at radius 3 is 2.36 bits per heavy atom. The van der Waals surface area contributed by atoms with E-state index in [4.69, 9.17) is 11.6 Å². The van der Waals surface area contributed by atoms with Crippen molar-refractivity contribution in [3.63, 3.8) is 0 Å². The zero-order chi connectivity index (χ0) is 18.2. The van der Waals surface area contributed by atoms with Crippen LogP contribution in [0.25, 0.3) is 0 Å². The molecule has 136 valence electrons. The van der Waals surface area contributed by atoms with Crippen LogP contribution in [0.1, 0.15) is 48.9 Å². The summed E-state index contributed by atoms with van der Waals surface area (Å²) in [5, 5.41) is 15.6. The Bertz CT molecular complexity index is 684. The molecular weight excluding hydrogens is 357 g/mol. The van der Waals surface area contributed by atoms with Gasteiger partial charge in [0.25, 0.3) is 5.91 Å². The topological polar surface area (TPSA) is 52.9 Å². The first-order valence-electron chi connectivity index (χ1n) is 8.19. The second kappa shape index (κ2) is 6.61. The number of alkyl halides is 3. The smallest absolute Gasteiger partial charge is 0.368 e. The monoisotopic (exact) mass is 374 g/mol. The molecule has 2 aliphatic rings. The van der Waals surface area contributed by atoms with Gasteiger partial charge in [-0.1, -0.05) is 30.9 Å². The third-order valence-corrected chi connectivity index (χ3v) is 5.14. The average molecular weight is 375 g/mol. The number of hydrazone groups is 1. The van der Waals surface area contributed by atoms with E-state index in [1.807, 2.05) is 0 Å². The Kier molecular flexibility index (Phi) is 4.81. The van der Waals surface area contributed by atoms with Crippen molar-refractivity contribution in [2.45, 2.75) is 50.4 Å². The van der Waals surface area contributed by atoms with E-state index in [1.165, 1.54) is 24.3 Å². The standard InChI is InChI=1S/C17H18ClF3N2O2/c18-13-8-6-11(7-9-13)15(24)23-16(25,12-4-2-1-3-5-12)10-14(22-23)17(19,20)21/h6-9,12,25H,1-5,10H2. The summed E-state index contributed by atoms with van der Waals surface area (Å²) in [6.07, 6.45) is -1.62. The van der Waals surface area contributed by atoms with Gasteiger partial charge in [-0.3, -0.25) is 4.79 Å². The minimum atomic E-state index is -4.68. The maximum Gasteiger partial charge on any atom is 0.431 e. The Hall–Kier alpha value is -1.60. The fraction of sp³-hybridized carbons (Fsp3) is 0.529. The van der Waals surface area contributed by atoms with Crippen molar-refractivity contribution in [2.75, 3.05) is 0 Å². The highest BCUT2D eigenvalue weighted by Gasteiger charge is 2.55. The molecule has 8 heteroatoms. The molecule has 0 spiro atoms. The Morgan fingerprint density at radius 2 is 1.80 bits per heavy atom. The summed E-state index contributed by atoms with van der Waals surface area (Å²) in [6, 6.07) is 5.76. The number of rotatable bonds is 2. The summed E-state index contributed by atoms with van der Waals surface area (Å²) in [6.45, 7) is 0. The molecule has 0 bridgehead atoms. The number of hydrogen-bond donors (Lipinski definition) is 1. The number of amides is 1. The van der Waals surface area contributed by atoms with Crippen molar-refractivity contribution in [2.24, 2.45) is 11.0 Å². The van der Waals surface area contributed by atoms with E-state index in [1.54, 1.807) is 0 Å². The van der Waals surface area contributed by atoms with Crippen LogP contribution in [-0.2, 0) is 0 Å². The lowest BCUT2D eigenvalue weighted by Crippen LogP contribution is -2.52. The summed E-state index contributed by atoms with van der Waals surface area (Å²) in [5.74, 6) is -1.19. The van der Waals surface area contributed by atoms with E-state index in [0.717, 1.165) is 19.3 Å². The molecule has 1 aliphatic carbocycles. The largest absolute Gasteiger partial charge is 0.431 e. The van der Waals surface area contributed by atoms with Crippen LogP contribution in [0.15, 0.2) is 29.4 Å². The van der Waals surface area contributed by atoms with Crippen LogP contribution in [0.5, 0.6) is 0 Å². The molecule has 1 heterocycles. The summed E-state index contributed by atoms with van der Waals surface area (Å²) in [7, 11) is 0. The maximum atomic E-state index is 13.2. The van der Waals surface area contributed by atoms with Crippen LogP contribution < -0.4 is 0 Å². The molecule has 1 unspecified atom stereocenters. The quantitative estimate of drug-likeness (QED) is 0.835. The van der Waals surface area contributed by atoms with E-state index in [0.29, 0.717) is 22.9 Å². The Morgan fingerprint density at radius 1 is 1.20 bits per heavy atom. The fourth-order valence-electron chi connectivity index (χ4n) is 3.54. The number of nitrogens with zero attached hydrogens (tertiary/aromatic N) is 2. The molecule has 1 aliphatic heterocycles. The van der Waals surface area contributed by atoms with Crippen LogP contribution >= 0.6 is 11.6 Å². The predicted octanol–water partition coefficient (Wildman–Crippen LogP) is 4.37. The SMILES string of the molecule is O=C(c1ccc(Cl)cc1)N1N=C(C(F)(F)F)CC1(O)C1CCCCC1. The lowest BCUT2D eigenvalue weighted by atomic mass is 9.79. The molecule has 0 saturated heterocycles. The normalized spacial score (nSPS) is 25.2. The molecule has 1 saturated carbocycles. The van der Waals surface area contributed by atoms with E-state index < -0.39 is 35.9 Å². The first kappa shape index (κ1) is 18.2. The number of benzene rings is 1. The first-order valence-corrected chi connectivity index (χ1v) is 8.57. The maximum absolute atomic E-state index is 13.2. The summed E-state index contributed by atoms with van der Waals surface area (Å²) >= 11 is 5.79. The van der Waals surface area contributed by atoms with Gasteiger partial charge in [-0.2, -0.15) is 23.3 Å². The van der Waals surface area contributed by atoms with Crippen LogP contribution in [0.4, 0.5) is 13.2 Å². The molecule has 1 N–H and O–H groups in total. The van der Waals surface area contributed by atoms with Crippen LogP contribution in [-0.4, -0.2) is 33.6 Å². The van der Waals surface area contributed by atoms with Crippen molar-refractivity contribution in [1.82, 2.24) is 5.01 Å². The number of carbonyl (C=O) groups excluding carboxylic acids is 1. The minimum absolute atomic E-state index is 0.130. The molecule has 0 radical (unpaired) electrons. The number of hydrogen-bond acceptors (Lipinski definition) is 3. The minimum Gasteiger partial charge on any atom is -0.368 e. The van der Waals surface area contributed by atoms with E-state index in [9.17, 15) is 23.1 Å². The third-order valence-electron chi connectivity index (χ3n) is 4.88. The zero-order valence-corrected chi connectivity index (χ0v) is 14.1. The molecule has 25 heavy (non-hydrogen) atoms. The van der Waals surface area contributed by atoms with Crippen molar-refractivity contribution < 1.29 is 23.1 Å². The summed E-state index contributed by atoms with van der Waals surface area (Å²) in [5.41, 5.74) is -2.93. The Balaban J connectivity index is 1.96. The highest BCUT2D eigenvalue weighted by Crippen LogP contribution is 2.43. The second-order valence-corrected chi connectivity index (χ2v) is 6.99. The molecule has 1 amide bonds. The van der Waals surface area contributed by atoms with Crippen molar-refractivity contribution in [3.8, 4) is 0 Å². The van der Waals surface area contributed by atoms with E-state index in [-0.39, 0.29) is 5.56 Å². The van der Waals surface area contributed by atoms with Crippen molar-refractivity contribution in [1.29, 1.82) is 0 Å². The van der Waals surface area contributed by atoms with Crippen LogP contribution in [0, 0.1) is 5.92 Å². The van der Waals surface area contributed by atoms with Gasteiger partial charge in [-0.05, 0) is 37.1 Å². The van der Waals surface area contributed by atoms with Gasteiger partial charge in [0, 0.05) is 22.9 Å². The second-order valence-electron chi connectivity index (χ2n) is 6.56. The molecule has 1 atom stereocenters.